The number of carbonyl (C=O) groups excluding carboxylic acids is 1. The molecule has 5 nitrogen and oxygen atoms in total. The number of nitrogens with zero attached hydrogens (tertiary/aromatic N) is 2. The Morgan fingerprint density at radius 3 is 2.80 bits per heavy atom. The van der Waals surface area contributed by atoms with Crippen molar-refractivity contribution >= 4 is 27.9 Å². The van der Waals surface area contributed by atoms with Crippen LogP contribution in [0.2, 0.25) is 0 Å². The summed E-state index contributed by atoms with van der Waals surface area (Å²) in [6.07, 6.45) is 2.26. The van der Waals surface area contributed by atoms with Gasteiger partial charge in [0.25, 0.3) is 5.91 Å². The summed E-state index contributed by atoms with van der Waals surface area (Å²) in [7, 11) is 1.57. The number of amides is 1. The van der Waals surface area contributed by atoms with Gasteiger partial charge in [0.05, 0.1) is 5.69 Å². The summed E-state index contributed by atoms with van der Waals surface area (Å²) in [5.41, 5.74) is 6.92. The zero-order valence-corrected chi connectivity index (χ0v) is 12.9. The van der Waals surface area contributed by atoms with Crippen LogP contribution in [0.25, 0.3) is 0 Å². The van der Waals surface area contributed by atoms with E-state index < -0.39 is 0 Å². The number of hydrogen-bond acceptors (Lipinski definition) is 5. The first-order valence-electron chi connectivity index (χ1n) is 6.69. The van der Waals surface area contributed by atoms with Gasteiger partial charge < -0.3 is 16.0 Å². The smallest absolute Gasteiger partial charge is 0.263 e. The van der Waals surface area contributed by atoms with Crippen molar-refractivity contribution < 1.29 is 4.79 Å². The van der Waals surface area contributed by atoms with E-state index in [0.29, 0.717) is 16.1 Å². The third-order valence-corrected chi connectivity index (χ3v) is 4.92. The first-order chi connectivity index (χ1) is 9.39. The lowest BCUT2D eigenvalue weighted by Gasteiger charge is -2.38. The van der Waals surface area contributed by atoms with Crippen LogP contribution in [0.5, 0.6) is 0 Å². The van der Waals surface area contributed by atoms with Gasteiger partial charge in [-0.15, -0.1) is 11.3 Å². The van der Waals surface area contributed by atoms with Crippen molar-refractivity contribution in [1.29, 1.82) is 5.26 Å². The zero-order valence-electron chi connectivity index (χ0n) is 12.1. The number of nitrogens with two attached hydrogens (primary N) is 1. The number of nitrogens with one attached hydrogen (secondary N) is 1. The van der Waals surface area contributed by atoms with Crippen molar-refractivity contribution in [2.24, 2.45) is 5.41 Å². The van der Waals surface area contributed by atoms with Gasteiger partial charge >= 0.3 is 0 Å². The Morgan fingerprint density at radius 2 is 2.25 bits per heavy atom. The van der Waals surface area contributed by atoms with Crippen molar-refractivity contribution in [2.75, 3.05) is 30.8 Å². The number of anilines is 2. The molecule has 0 radical (unpaired) electrons. The molecule has 1 aromatic heterocycles. The summed E-state index contributed by atoms with van der Waals surface area (Å²) in [5.74, 6) is -0.230. The van der Waals surface area contributed by atoms with Gasteiger partial charge in [0.2, 0.25) is 0 Å². The normalized spacial score (nSPS) is 17.6. The van der Waals surface area contributed by atoms with Gasteiger partial charge in [0.15, 0.2) is 0 Å². The molecule has 1 aromatic rings. The molecule has 1 aliphatic rings. The number of nitrogen functional groups attached to an aromatic ring is 1. The summed E-state index contributed by atoms with van der Waals surface area (Å²) in [6.45, 7) is 6.24. The highest BCUT2D eigenvalue weighted by Gasteiger charge is 2.31. The van der Waals surface area contributed by atoms with Gasteiger partial charge in [-0.05, 0) is 18.3 Å². The fraction of sp³-hybridized carbons (Fsp3) is 0.571. The number of hydrogen-bond donors (Lipinski definition) is 2. The molecule has 2 rings (SSSR count). The van der Waals surface area contributed by atoms with Crippen LogP contribution in [0.3, 0.4) is 0 Å². The van der Waals surface area contributed by atoms with Gasteiger partial charge in [-0.3, -0.25) is 4.79 Å². The summed E-state index contributed by atoms with van der Waals surface area (Å²) >= 11 is 1.32. The Kier molecular flexibility index (Phi) is 3.91. The lowest BCUT2D eigenvalue weighted by atomic mass is 9.84. The van der Waals surface area contributed by atoms with Gasteiger partial charge in [-0.2, -0.15) is 5.26 Å². The summed E-state index contributed by atoms with van der Waals surface area (Å²) < 4.78 is 0. The van der Waals surface area contributed by atoms with Gasteiger partial charge in [0.1, 0.15) is 21.5 Å². The van der Waals surface area contributed by atoms with E-state index >= 15 is 0 Å². The standard InChI is InChI=1S/C14H20N4OS/c1-14(2)5-4-6-18(8-14)13-9(7-15)10(16)11(20-13)12(19)17-3/h4-6,8,16H2,1-3H3,(H,17,19). The van der Waals surface area contributed by atoms with E-state index in [2.05, 4.69) is 30.1 Å². The van der Waals surface area contributed by atoms with Crippen molar-refractivity contribution in [2.45, 2.75) is 26.7 Å². The molecule has 0 bridgehead atoms. The molecule has 0 saturated carbocycles. The third kappa shape index (κ3) is 2.59. The second-order valence-electron chi connectivity index (χ2n) is 5.91. The molecule has 1 saturated heterocycles. The average Bonchev–Trinajstić information content (AvgIpc) is 2.73. The molecule has 0 unspecified atom stereocenters. The largest absolute Gasteiger partial charge is 0.396 e. The summed E-state index contributed by atoms with van der Waals surface area (Å²) in [5, 5.41) is 12.7. The van der Waals surface area contributed by atoms with E-state index in [4.69, 9.17) is 5.73 Å². The predicted molar refractivity (Wildman–Crippen MR) is 82.1 cm³/mol. The Morgan fingerprint density at radius 1 is 1.55 bits per heavy atom. The average molecular weight is 292 g/mol. The molecular formula is C14H20N4OS. The number of thiophene rings is 1. The van der Waals surface area contributed by atoms with Gasteiger partial charge in [0, 0.05) is 20.1 Å². The van der Waals surface area contributed by atoms with E-state index in [0.717, 1.165) is 24.5 Å². The minimum Gasteiger partial charge on any atom is -0.396 e. The first kappa shape index (κ1) is 14.7. The second-order valence-corrected chi connectivity index (χ2v) is 6.90. The van der Waals surface area contributed by atoms with Crippen molar-refractivity contribution in [3.8, 4) is 6.07 Å². The van der Waals surface area contributed by atoms with E-state index in [1.54, 1.807) is 7.05 Å². The van der Waals surface area contributed by atoms with Crippen LogP contribution >= 0.6 is 11.3 Å². The van der Waals surface area contributed by atoms with Gasteiger partial charge in [-0.1, -0.05) is 13.8 Å². The van der Waals surface area contributed by atoms with E-state index in [9.17, 15) is 10.1 Å². The molecule has 6 heteroatoms. The third-order valence-electron chi connectivity index (χ3n) is 3.66. The van der Waals surface area contributed by atoms with Crippen LogP contribution in [0.1, 0.15) is 41.9 Å². The number of rotatable bonds is 2. The second kappa shape index (κ2) is 5.33. The molecule has 20 heavy (non-hydrogen) atoms. The molecule has 2 heterocycles. The fourth-order valence-electron chi connectivity index (χ4n) is 2.64. The monoisotopic (exact) mass is 292 g/mol. The SMILES string of the molecule is CNC(=O)c1sc(N2CCCC(C)(C)C2)c(C#N)c1N. The number of piperidine rings is 1. The summed E-state index contributed by atoms with van der Waals surface area (Å²) in [4.78, 5) is 14.4. The quantitative estimate of drug-likeness (QED) is 0.875. The number of carbonyl (C=O) groups is 1. The minimum absolute atomic E-state index is 0.219. The van der Waals surface area contributed by atoms with Crippen LogP contribution in [0, 0.1) is 16.7 Å². The Balaban J connectivity index is 2.42. The van der Waals surface area contributed by atoms with Crippen LogP contribution < -0.4 is 16.0 Å². The number of nitriles is 1. The molecule has 0 spiro atoms. The highest BCUT2D eigenvalue weighted by atomic mass is 32.1. The molecule has 0 aliphatic carbocycles. The maximum atomic E-state index is 11.8. The van der Waals surface area contributed by atoms with Crippen LogP contribution in [-0.2, 0) is 0 Å². The Hall–Kier alpha value is -1.74. The fourth-order valence-corrected chi connectivity index (χ4v) is 3.78. The van der Waals surface area contributed by atoms with Gasteiger partial charge in [-0.25, -0.2) is 0 Å². The molecule has 0 aromatic carbocycles. The molecule has 108 valence electrons. The minimum atomic E-state index is -0.230. The van der Waals surface area contributed by atoms with Crippen molar-refractivity contribution in [3.05, 3.63) is 10.4 Å². The lowest BCUT2D eigenvalue weighted by molar-refractivity contribution is 0.0968. The van der Waals surface area contributed by atoms with Crippen molar-refractivity contribution in [1.82, 2.24) is 5.32 Å². The van der Waals surface area contributed by atoms with E-state index in [1.165, 1.54) is 17.8 Å². The summed E-state index contributed by atoms with van der Waals surface area (Å²) in [6, 6.07) is 2.15. The zero-order chi connectivity index (χ0) is 14.9. The maximum Gasteiger partial charge on any atom is 0.263 e. The Labute approximate surface area is 123 Å². The molecule has 0 atom stereocenters. The van der Waals surface area contributed by atoms with Crippen molar-refractivity contribution in [3.63, 3.8) is 0 Å². The van der Waals surface area contributed by atoms with E-state index in [-0.39, 0.29) is 11.3 Å². The highest BCUT2D eigenvalue weighted by Crippen LogP contribution is 2.41. The maximum absolute atomic E-state index is 11.8. The molecule has 1 aliphatic heterocycles. The predicted octanol–water partition coefficient (Wildman–Crippen LogP) is 2.19. The molecule has 1 amide bonds. The molecule has 3 N–H and O–H groups in total. The van der Waals surface area contributed by atoms with Crippen LogP contribution in [-0.4, -0.2) is 26.0 Å². The molecular weight excluding hydrogens is 272 g/mol. The topological polar surface area (TPSA) is 82.2 Å². The molecule has 1 fully saturated rings. The van der Waals surface area contributed by atoms with Crippen LogP contribution in [0.15, 0.2) is 0 Å². The van der Waals surface area contributed by atoms with Crippen LogP contribution in [0.4, 0.5) is 10.7 Å². The highest BCUT2D eigenvalue weighted by molar-refractivity contribution is 7.19. The Bertz CT molecular complexity index is 570. The van der Waals surface area contributed by atoms with E-state index in [1.807, 2.05) is 0 Å². The first-order valence-corrected chi connectivity index (χ1v) is 7.50. The lowest BCUT2D eigenvalue weighted by Crippen LogP contribution is -2.40.